The summed E-state index contributed by atoms with van der Waals surface area (Å²) < 4.78 is 5.33. The molecule has 1 unspecified atom stereocenters. The molecule has 1 saturated heterocycles. The zero-order chi connectivity index (χ0) is 14.5. The smallest absolute Gasteiger partial charge is 0.239 e. The number of amides is 1. The monoisotopic (exact) mass is 297 g/mol. The number of nitrogens with one attached hydrogen (secondary N) is 1. The van der Waals surface area contributed by atoms with Crippen molar-refractivity contribution in [2.45, 2.75) is 13.0 Å². The number of ether oxygens (including phenoxy) is 1. The molecule has 6 heteroatoms. The van der Waals surface area contributed by atoms with E-state index in [2.05, 4.69) is 10.2 Å². The van der Waals surface area contributed by atoms with E-state index in [1.807, 2.05) is 25.1 Å². The second-order valence-electron chi connectivity index (χ2n) is 4.70. The van der Waals surface area contributed by atoms with Gasteiger partial charge in [0.15, 0.2) is 0 Å². The predicted molar refractivity (Wildman–Crippen MR) is 80.1 cm³/mol. The quantitative estimate of drug-likeness (QED) is 0.860. The maximum Gasteiger partial charge on any atom is 0.239 e. The van der Waals surface area contributed by atoms with Crippen molar-refractivity contribution in [2.24, 2.45) is 5.73 Å². The summed E-state index contributed by atoms with van der Waals surface area (Å²) in [6, 6.07) is 5.14. The number of likely N-dealkylation sites (N-methyl/N-ethyl adjacent to an activating group) is 1. The van der Waals surface area contributed by atoms with Crippen molar-refractivity contribution < 1.29 is 9.53 Å². The van der Waals surface area contributed by atoms with Crippen LogP contribution in [0, 0.1) is 0 Å². The average molecular weight is 298 g/mol. The second-order valence-corrected chi connectivity index (χ2v) is 5.11. The Bertz CT molecular complexity index is 475. The van der Waals surface area contributed by atoms with Crippen molar-refractivity contribution in [2.75, 3.05) is 37.7 Å². The summed E-state index contributed by atoms with van der Waals surface area (Å²) >= 11 is 6.35. The second kappa shape index (κ2) is 6.92. The molecule has 0 saturated carbocycles. The highest BCUT2D eigenvalue weighted by atomic mass is 35.5. The van der Waals surface area contributed by atoms with Crippen molar-refractivity contribution >= 4 is 23.2 Å². The van der Waals surface area contributed by atoms with E-state index in [-0.39, 0.29) is 0 Å². The summed E-state index contributed by atoms with van der Waals surface area (Å²) in [6.07, 6.45) is 0. The Morgan fingerprint density at radius 1 is 1.50 bits per heavy atom. The van der Waals surface area contributed by atoms with E-state index in [9.17, 15) is 4.79 Å². The van der Waals surface area contributed by atoms with Crippen molar-refractivity contribution in [3.8, 4) is 0 Å². The van der Waals surface area contributed by atoms with Gasteiger partial charge in [-0.05, 0) is 24.2 Å². The van der Waals surface area contributed by atoms with Crippen LogP contribution in [0.1, 0.15) is 18.5 Å². The SMILES string of the molecule is CCNC(C(N)=O)c1ccc(N2CCOCC2)c(Cl)c1. The van der Waals surface area contributed by atoms with E-state index in [1.165, 1.54) is 0 Å². The van der Waals surface area contributed by atoms with Gasteiger partial charge in [0.05, 0.1) is 23.9 Å². The maximum absolute atomic E-state index is 11.5. The molecule has 1 amide bonds. The molecule has 0 bridgehead atoms. The molecular weight excluding hydrogens is 278 g/mol. The molecule has 1 aliphatic heterocycles. The number of nitrogens with zero attached hydrogens (tertiary/aromatic N) is 1. The molecule has 0 aromatic heterocycles. The Hall–Kier alpha value is -1.30. The lowest BCUT2D eigenvalue weighted by Gasteiger charge is -2.30. The minimum atomic E-state index is -0.503. The van der Waals surface area contributed by atoms with E-state index < -0.39 is 11.9 Å². The third-order valence-corrected chi connectivity index (χ3v) is 3.65. The first-order valence-corrected chi connectivity index (χ1v) is 7.16. The van der Waals surface area contributed by atoms with Crippen LogP contribution in [-0.4, -0.2) is 38.8 Å². The molecule has 1 atom stereocenters. The summed E-state index contributed by atoms with van der Waals surface area (Å²) in [4.78, 5) is 13.7. The highest BCUT2D eigenvalue weighted by molar-refractivity contribution is 6.33. The Balaban J connectivity index is 2.21. The van der Waals surface area contributed by atoms with Crippen LogP contribution in [0.4, 0.5) is 5.69 Å². The van der Waals surface area contributed by atoms with Gasteiger partial charge < -0.3 is 20.7 Å². The highest BCUT2D eigenvalue weighted by Gasteiger charge is 2.19. The largest absolute Gasteiger partial charge is 0.378 e. The van der Waals surface area contributed by atoms with E-state index >= 15 is 0 Å². The fraction of sp³-hybridized carbons (Fsp3) is 0.500. The molecule has 1 aromatic rings. The lowest BCUT2D eigenvalue weighted by Crippen LogP contribution is -2.36. The minimum absolute atomic E-state index is 0.401. The number of halogens is 1. The summed E-state index contributed by atoms with van der Waals surface area (Å²) in [5.74, 6) is -0.401. The topological polar surface area (TPSA) is 67.6 Å². The Morgan fingerprint density at radius 2 is 2.20 bits per heavy atom. The predicted octanol–water partition coefficient (Wildman–Crippen LogP) is 1.31. The van der Waals surface area contributed by atoms with Gasteiger partial charge in [0.2, 0.25) is 5.91 Å². The van der Waals surface area contributed by atoms with Crippen LogP contribution >= 0.6 is 11.6 Å². The molecule has 0 radical (unpaired) electrons. The average Bonchev–Trinajstić information content (AvgIpc) is 2.45. The first-order valence-electron chi connectivity index (χ1n) is 6.78. The van der Waals surface area contributed by atoms with Crippen LogP contribution < -0.4 is 16.0 Å². The fourth-order valence-corrected chi connectivity index (χ4v) is 2.66. The number of hydrogen-bond acceptors (Lipinski definition) is 4. The Labute approximate surface area is 124 Å². The van der Waals surface area contributed by atoms with E-state index in [4.69, 9.17) is 22.1 Å². The van der Waals surface area contributed by atoms with Gasteiger partial charge in [0.1, 0.15) is 6.04 Å². The van der Waals surface area contributed by atoms with E-state index in [0.717, 1.165) is 24.3 Å². The van der Waals surface area contributed by atoms with Gasteiger partial charge in [0, 0.05) is 13.1 Å². The van der Waals surface area contributed by atoms with Crippen LogP contribution in [0.25, 0.3) is 0 Å². The van der Waals surface area contributed by atoms with Crippen LogP contribution in [0.5, 0.6) is 0 Å². The van der Waals surface area contributed by atoms with E-state index in [0.29, 0.717) is 24.8 Å². The number of nitrogens with two attached hydrogens (primary N) is 1. The summed E-state index contributed by atoms with van der Waals surface area (Å²) in [7, 11) is 0. The van der Waals surface area contributed by atoms with Crippen LogP contribution in [-0.2, 0) is 9.53 Å². The third kappa shape index (κ3) is 3.42. The molecule has 5 nitrogen and oxygen atoms in total. The number of primary amides is 1. The van der Waals surface area contributed by atoms with Gasteiger partial charge in [-0.1, -0.05) is 24.6 Å². The van der Waals surface area contributed by atoms with Crippen molar-refractivity contribution in [1.82, 2.24) is 5.32 Å². The molecule has 110 valence electrons. The number of hydrogen-bond donors (Lipinski definition) is 2. The first-order chi connectivity index (χ1) is 9.63. The van der Waals surface area contributed by atoms with E-state index in [1.54, 1.807) is 0 Å². The zero-order valence-electron chi connectivity index (χ0n) is 11.6. The third-order valence-electron chi connectivity index (χ3n) is 3.35. The van der Waals surface area contributed by atoms with Gasteiger partial charge in [-0.25, -0.2) is 0 Å². The highest BCUT2D eigenvalue weighted by Crippen LogP contribution is 2.29. The number of benzene rings is 1. The molecule has 3 N–H and O–H groups in total. The standard InChI is InChI=1S/C14H20ClN3O2/c1-2-17-13(14(16)19)10-3-4-12(11(15)9-10)18-5-7-20-8-6-18/h3-4,9,13,17H,2,5-8H2,1H3,(H2,16,19). The summed E-state index contributed by atoms with van der Waals surface area (Å²) in [6.45, 7) is 5.66. The van der Waals surface area contributed by atoms with Crippen LogP contribution in [0.2, 0.25) is 5.02 Å². The molecule has 2 rings (SSSR count). The number of carbonyl (C=O) groups excluding carboxylic acids is 1. The number of anilines is 1. The number of rotatable bonds is 5. The number of carbonyl (C=O) groups is 1. The molecule has 0 spiro atoms. The Kier molecular flexibility index (Phi) is 5.23. The van der Waals surface area contributed by atoms with Crippen molar-refractivity contribution in [3.05, 3.63) is 28.8 Å². The zero-order valence-corrected chi connectivity index (χ0v) is 12.3. The molecule has 1 heterocycles. The normalized spacial score (nSPS) is 17.0. The van der Waals surface area contributed by atoms with Crippen molar-refractivity contribution in [1.29, 1.82) is 0 Å². The minimum Gasteiger partial charge on any atom is -0.378 e. The van der Waals surface area contributed by atoms with Gasteiger partial charge in [-0.2, -0.15) is 0 Å². The summed E-state index contributed by atoms with van der Waals surface area (Å²) in [5.41, 5.74) is 7.18. The van der Waals surface area contributed by atoms with Gasteiger partial charge in [-0.15, -0.1) is 0 Å². The molecule has 1 aliphatic rings. The number of morpholine rings is 1. The molecule has 0 aliphatic carbocycles. The van der Waals surface area contributed by atoms with Crippen molar-refractivity contribution in [3.63, 3.8) is 0 Å². The lowest BCUT2D eigenvalue weighted by molar-refractivity contribution is -0.120. The molecule has 20 heavy (non-hydrogen) atoms. The van der Waals surface area contributed by atoms with Crippen LogP contribution in [0.15, 0.2) is 18.2 Å². The Morgan fingerprint density at radius 3 is 2.75 bits per heavy atom. The summed E-state index contributed by atoms with van der Waals surface area (Å²) in [5, 5.41) is 3.69. The molecule has 1 aromatic carbocycles. The van der Waals surface area contributed by atoms with Crippen LogP contribution in [0.3, 0.4) is 0 Å². The lowest BCUT2D eigenvalue weighted by atomic mass is 10.1. The first kappa shape index (κ1) is 15.1. The van der Waals surface area contributed by atoms with Gasteiger partial charge in [-0.3, -0.25) is 4.79 Å². The van der Waals surface area contributed by atoms with Gasteiger partial charge >= 0.3 is 0 Å². The maximum atomic E-state index is 11.5. The van der Waals surface area contributed by atoms with Gasteiger partial charge in [0.25, 0.3) is 0 Å². The molecule has 1 fully saturated rings. The molecular formula is C14H20ClN3O2. The fourth-order valence-electron chi connectivity index (χ4n) is 2.35.